The molecule has 1 fully saturated rings. The normalized spacial score (nSPS) is 20.1. The van der Waals surface area contributed by atoms with E-state index in [2.05, 4.69) is 20.2 Å². The fourth-order valence-electron chi connectivity index (χ4n) is 1.89. The molecule has 2 rings (SSSR count). The summed E-state index contributed by atoms with van der Waals surface area (Å²) in [6.45, 7) is 4.55. The molecule has 0 aliphatic carbocycles. The van der Waals surface area contributed by atoms with Crippen LogP contribution in [0.5, 0.6) is 5.88 Å². The van der Waals surface area contributed by atoms with Crippen molar-refractivity contribution in [2.75, 3.05) is 31.6 Å². The van der Waals surface area contributed by atoms with Crippen LogP contribution in [0.25, 0.3) is 0 Å². The lowest BCUT2D eigenvalue weighted by Gasteiger charge is -2.16. The summed E-state index contributed by atoms with van der Waals surface area (Å²) in [7, 11) is 1.99. The van der Waals surface area contributed by atoms with Crippen molar-refractivity contribution >= 4 is 5.95 Å². The van der Waals surface area contributed by atoms with Crippen LogP contribution in [0.3, 0.4) is 0 Å². The second kappa shape index (κ2) is 5.12. The number of rotatable bonds is 4. The van der Waals surface area contributed by atoms with E-state index in [1.54, 1.807) is 12.3 Å². The van der Waals surface area contributed by atoms with Gasteiger partial charge in [-0.2, -0.15) is 4.98 Å². The molecule has 1 aromatic rings. The highest BCUT2D eigenvalue weighted by Gasteiger charge is 2.22. The van der Waals surface area contributed by atoms with E-state index in [9.17, 15) is 0 Å². The van der Waals surface area contributed by atoms with Crippen LogP contribution in [-0.2, 0) is 0 Å². The van der Waals surface area contributed by atoms with Crippen LogP contribution in [0.4, 0.5) is 5.95 Å². The number of hydrogen-bond acceptors (Lipinski definition) is 5. The highest BCUT2D eigenvalue weighted by Crippen LogP contribution is 2.17. The van der Waals surface area contributed by atoms with Crippen LogP contribution in [0.2, 0.25) is 0 Å². The summed E-state index contributed by atoms with van der Waals surface area (Å²) in [5.41, 5.74) is 0. The van der Waals surface area contributed by atoms with E-state index in [0.29, 0.717) is 18.5 Å². The van der Waals surface area contributed by atoms with Crippen molar-refractivity contribution < 1.29 is 4.74 Å². The second-order valence-electron chi connectivity index (χ2n) is 3.85. The average molecular weight is 222 g/mol. The molecule has 0 bridgehead atoms. The van der Waals surface area contributed by atoms with Gasteiger partial charge in [0.15, 0.2) is 0 Å². The zero-order chi connectivity index (χ0) is 11.4. The zero-order valence-electron chi connectivity index (χ0n) is 9.81. The van der Waals surface area contributed by atoms with E-state index in [1.807, 2.05) is 14.0 Å². The Bertz CT molecular complexity index is 345. The summed E-state index contributed by atoms with van der Waals surface area (Å²) in [6.07, 6.45) is 2.89. The third kappa shape index (κ3) is 2.41. The van der Waals surface area contributed by atoms with E-state index in [4.69, 9.17) is 4.74 Å². The molecule has 0 saturated carbocycles. The first-order chi connectivity index (χ1) is 7.83. The highest BCUT2D eigenvalue weighted by molar-refractivity contribution is 5.34. The Morgan fingerprint density at radius 2 is 2.50 bits per heavy atom. The van der Waals surface area contributed by atoms with Crippen molar-refractivity contribution in [1.29, 1.82) is 0 Å². The van der Waals surface area contributed by atoms with Crippen molar-refractivity contribution in [2.24, 2.45) is 0 Å². The van der Waals surface area contributed by atoms with Crippen LogP contribution in [0.15, 0.2) is 12.3 Å². The van der Waals surface area contributed by atoms with Gasteiger partial charge in [0, 0.05) is 31.4 Å². The number of anilines is 1. The van der Waals surface area contributed by atoms with Gasteiger partial charge in [-0.15, -0.1) is 0 Å². The minimum atomic E-state index is 0.541. The van der Waals surface area contributed by atoms with Gasteiger partial charge >= 0.3 is 0 Å². The lowest BCUT2D eigenvalue weighted by molar-refractivity contribution is 0.326. The molecular weight excluding hydrogens is 204 g/mol. The van der Waals surface area contributed by atoms with Gasteiger partial charge in [-0.3, -0.25) is 0 Å². The largest absolute Gasteiger partial charge is 0.478 e. The molecule has 1 N–H and O–H groups in total. The molecular formula is C11H18N4O. The first-order valence-electron chi connectivity index (χ1n) is 5.71. The highest BCUT2D eigenvalue weighted by atomic mass is 16.5. The molecule has 0 aromatic carbocycles. The van der Waals surface area contributed by atoms with Crippen LogP contribution < -0.4 is 15.0 Å². The van der Waals surface area contributed by atoms with Crippen molar-refractivity contribution in [1.82, 2.24) is 15.3 Å². The lowest BCUT2D eigenvalue weighted by atomic mass is 10.3. The average Bonchev–Trinajstić information content (AvgIpc) is 2.78. The van der Waals surface area contributed by atoms with E-state index in [-0.39, 0.29) is 0 Å². The summed E-state index contributed by atoms with van der Waals surface area (Å²) in [5.74, 6) is 1.42. The van der Waals surface area contributed by atoms with Gasteiger partial charge in [0.25, 0.3) is 0 Å². The molecule has 1 atom stereocenters. The predicted molar refractivity (Wildman–Crippen MR) is 62.9 cm³/mol. The Balaban J connectivity index is 2.06. The number of nitrogens with zero attached hydrogens (tertiary/aromatic N) is 3. The van der Waals surface area contributed by atoms with Gasteiger partial charge < -0.3 is 15.0 Å². The fraction of sp³-hybridized carbons (Fsp3) is 0.636. The SMILES string of the molecule is CCOc1ccnc(N2CCC(NC)C2)n1. The molecule has 1 aliphatic rings. The monoisotopic (exact) mass is 222 g/mol. The summed E-state index contributed by atoms with van der Waals surface area (Å²) >= 11 is 0. The maximum atomic E-state index is 5.37. The molecule has 88 valence electrons. The van der Waals surface area contributed by atoms with Gasteiger partial charge in [-0.05, 0) is 20.4 Å². The van der Waals surface area contributed by atoms with Gasteiger partial charge in [-0.1, -0.05) is 0 Å². The Hall–Kier alpha value is -1.36. The molecule has 1 saturated heterocycles. The summed E-state index contributed by atoms with van der Waals surface area (Å²) < 4.78 is 5.37. The number of hydrogen-bond donors (Lipinski definition) is 1. The maximum absolute atomic E-state index is 5.37. The Morgan fingerprint density at radius 1 is 1.62 bits per heavy atom. The predicted octanol–water partition coefficient (Wildman–Crippen LogP) is 0.673. The van der Waals surface area contributed by atoms with Crippen LogP contribution >= 0.6 is 0 Å². The van der Waals surface area contributed by atoms with Gasteiger partial charge in [-0.25, -0.2) is 4.98 Å². The maximum Gasteiger partial charge on any atom is 0.228 e. The van der Waals surface area contributed by atoms with Crippen molar-refractivity contribution in [3.05, 3.63) is 12.3 Å². The second-order valence-corrected chi connectivity index (χ2v) is 3.85. The Morgan fingerprint density at radius 3 is 3.19 bits per heavy atom. The van der Waals surface area contributed by atoms with Gasteiger partial charge in [0.1, 0.15) is 0 Å². The van der Waals surface area contributed by atoms with E-state index in [0.717, 1.165) is 25.5 Å². The Kier molecular flexibility index (Phi) is 3.56. The minimum Gasteiger partial charge on any atom is -0.478 e. The first-order valence-corrected chi connectivity index (χ1v) is 5.71. The molecule has 1 aromatic heterocycles. The standard InChI is InChI=1S/C11H18N4O/c1-3-16-10-4-6-13-11(14-10)15-7-5-9(8-15)12-2/h4,6,9,12H,3,5,7-8H2,1-2H3. The molecule has 1 unspecified atom stereocenters. The van der Waals surface area contributed by atoms with Gasteiger partial charge in [0.05, 0.1) is 6.61 Å². The van der Waals surface area contributed by atoms with Crippen LogP contribution in [-0.4, -0.2) is 42.8 Å². The molecule has 0 amide bonds. The molecule has 16 heavy (non-hydrogen) atoms. The Labute approximate surface area is 95.8 Å². The van der Waals surface area contributed by atoms with Crippen LogP contribution in [0.1, 0.15) is 13.3 Å². The minimum absolute atomic E-state index is 0.541. The molecule has 5 nitrogen and oxygen atoms in total. The third-order valence-electron chi connectivity index (χ3n) is 2.79. The fourth-order valence-corrected chi connectivity index (χ4v) is 1.89. The van der Waals surface area contributed by atoms with Crippen molar-refractivity contribution in [3.63, 3.8) is 0 Å². The number of aromatic nitrogens is 2. The summed E-state index contributed by atoms with van der Waals surface area (Å²) in [4.78, 5) is 10.8. The summed E-state index contributed by atoms with van der Waals surface area (Å²) in [5, 5.41) is 3.27. The number of ether oxygens (including phenoxy) is 1. The molecule has 5 heteroatoms. The topological polar surface area (TPSA) is 50.3 Å². The number of likely N-dealkylation sites (N-methyl/N-ethyl adjacent to an activating group) is 1. The molecule has 2 heterocycles. The van der Waals surface area contributed by atoms with Crippen molar-refractivity contribution in [3.8, 4) is 5.88 Å². The number of nitrogens with one attached hydrogen (secondary N) is 1. The summed E-state index contributed by atoms with van der Waals surface area (Å²) in [6, 6.07) is 2.33. The van der Waals surface area contributed by atoms with Crippen LogP contribution in [0, 0.1) is 0 Å². The van der Waals surface area contributed by atoms with E-state index >= 15 is 0 Å². The lowest BCUT2D eigenvalue weighted by Crippen LogP contribution is -2.30. The van der Waals surface area contributed by atoms with Crippen molar-refractivity contribution in [2.45, 2.75) is 19.4 Å². The smallest absolute Gasteiger partial charge is 0.228 e. The zero-order valence-corrected chi connectivity index (χ0v) is 9.81. The third-order valence-corrected chi connectivity index (χ3v) is 2.79. The first kappa shape index (κ1) is 11.1. The van der Waals surface area contributed by atoms with E-state index in [1.165, 1.54) is 0 Å². The molecule has 0 spiro atoms. The van der Waals surface area contributed by atoms with Gasteiger partial charge in [0.2, 0.25) is 11.8 Å². The quantitative estimate of drug-likeness (QED) is 0.811. The molecule has 1 aliphatic heterocycles. The molecule has 0 radical (unpaired) electrons. The van der Waals surface area contributed by atoms with E-state index < -0.39 is 0 Å².